The molecule has 4 rings (SSSR count). The molecule has 0 bridgehead atoms. The second-order valence-corrected chi connectivity index (χ2v) is 7.01. The number of fused-ring (bicyclic) bond motifs is 1. The Bertz CT molecular complexity index is 762. The molecule has 94 valence electrons. The maximum Gasteiger partial charge on any atom is 0.175 e. The van der Waals surface area contributed by atoms with Gasteiger partial charge in [0.15, 0.2) is 5.78 Å². The Morgan fingerprint density at radius 3 is 2.84 bits per heavy atom. The van der Waals surface area contributed by atoms with E-state index >= 15 is 0 Å². The van der Waals surface area contributed by atoms with Crippen LogP contribution >= 0.6 is 22.7 Å². The average Bonchev–Trinajstić information content (AvgIpc) is 2.99. The molecule has 0 saturated heterocycles. The van der Waals surface area contributed by atoms with Crippen LogP contribution in [0.5, 0.6) is 0 Å². The summed E-state index contributed by atoms with van der Waals surface area (Å²) >= 11 is 3.39. The van der Waals surface area contributed by atoms with Crippen molar-refractivity contribution in [3.05, 3.63) is 46.7 Å². The number of benzene rings is 1. The highest BCUT2D eigenvalue weighted by atomic mass is 32.1. The largest absolute Gasteiger partial charge is 0.293 e. The summed E-state index contributed by atoms with van der Waals surface area (Å²) < 4.78 is 1.31. The number of ketones is 1. The van der Waals surface area contributed by atoms with Crippen LogP contribution in [-0.4, -0.2) is 5.78 Å². The third kappa shape index (κ3) is 2.03. The van der Waals surface area contributed by atoms with Gasteiger partial charge >= 0.3 is 0 Å². The molecule has 1 aromatic carbocycles. The molecule has 0 radical (unpaired) electrons. The van der Waals surface area contributed by atoms with Gasteiger partial charge in [0.2, 0.25) is 0 Å². The fourth-order valence-corrected chi connectivity index (χ4v) is 4.08. The Morgan fingerprint density at radius 1 is 1.11 bits per heavy atom. The zero-order valence-electron chi connectivity index (χ0n) is 10.3. The van der Waals surface area contributed by atoms with E-state index in [1.54, 1.807) is 22.7 Å². The third-order valence-corrected chi connectivity index (χ3v) is 5.58. The van der Waals surface area contributed by atoms with E-state index in [-0.39, 0.29) is 0 Å². The molecule has 0 amide bonds. The Balaban J connectivity index is 1.72. The van der Waals surface area contributed by atoms with Crippen molar-refractivity contribution in [1.29, 1.82) is 0 Å². The van der Waals surface area contributed by atoms with E-state index in [4.69, 9.17) is 0 Å². The first-order valence-electron chi connectivity index (χ1n) is 6.43. The zero-order chi connectivity index (χ0) is 12.8. The molecule has 0 atom stereocenters. The van der Waals surface area contributed by atoms with Gasteiger partial charge in [0.05, 0.1) is 4.88 Å². The predicted octanol–water partition coefficient (Wildman–Crippen LogP) is 5.22. The van der Waals surface area contributed by atoms with Gasteiger partial charge < -0.3 is 0 Å². The maximum absolute atomic E-state index is 12.0. The van der Waals surface area contributed by atoms with Crippen molar-refractivity contribution in [3.8, 4) is 10.4 Å². The highest BCUT2D eigenvalue weighted by Crippen LogP contribution is 2.37. The number of carbonyl (C=O) groups excluding carboxylic acids is 1. The smallest absolute Gasteiger partial charge is 0.175 e. The summed E-state index contributed by atoms with van der Waals surface area (Å²) in [5, 5.41) is 3.40. The van der Waals surface area contributed by atoms with E-state index in [1.807, 2.05) is 6.07 Å². The summed E-state index contributed by atoms with van der Waals surface area (Å²) in [5.74, 6) is 0.652. The van der Waals surface area contributed by atoms with Gasteiger partial charge in [-0.3, -0.25) is 4.79 Å². The highest BCUT2D eigenvalue weighted by molar-refractivity contribution is 7.18. The summed E-state index contributed by atoms with van der Waals surface area (Å²) in [6, 6.07) is 12.7. The van der Waals surface area contributed by atoms with E-state index < -0.39 is 0 Å². The van der Waals surface area contributed by atoms with Gasteiger partial charge in [0.1, 0.15) is 0 Å². The van der Waals surface area contributed by atoms with Crippen molar-refractivity contribution in [3.63, 3.8) is 0 Å². The van der Waals surface area contributed by atoms with E-state index in [0.717, 1.165) is 17.7 Å². The first-order valence-corrected chi connectivity index (χ1v) is 8.12. The maximum atomic E-state index is 12.0. The second-order valence-electron chi connectivity index (χ2n) is 4.98. The molecule has 1 saturated carbocycles. The first kappa shape index (κ1) is 11.4. The van der Waals surface area contributed by atoms with Crippen LogP contribution in [-0.2, 0) is 0 Å². The topological polar surface area (TPSA) is 17.1 Å². The number of thiophene rings is 2. The van der Waals surface area contributed by atoms with Gasteiger partial charge in [-0.05, 0) is 59.5 Å². The van der Waals surface area contributed by atoms with Crippen LogP contribution < -0.4 is 0 Å². The van der Waals surface area contributed by atoms with E-state index in [1.165, 1.54) is 20.5 Å². The molecule has 0 spiro atoms. The lowest BCUT2D eigenvalue weighted by Crippen LogP contribution is -1.96. The summed E-state index contributed by atoms with van der Waals surface area (Å²) in [4.78, 5) is 14.1. The van der Waals surface area contributed by atoms with Crippen LogP contribution in [0.2, 0.25) is 0 Å². The van der Waals surface area contributed by atoms with Crippen LogP contribution in [0, 0.1) is 5.92 Å². The van der Waals surface area contributed by atoms with Crippen molar-refractivity contribution >= 4 is 38.5 Å². The monoisotopic (exact) mass is 284 g/mol. The Kier molecular flexibility index (Phi) is 2.57. The van der Waals surface area contributed by atoms with Gasteiger partial charge in [-0.1, -0.05) is 6.07 Å². The predicted molar refractivity (Wildman–Crippen MR) is 82.2 cm³/mol. The van der Waals surface area contributed by atoms with E-state index in [2.05, 4.69) is 35.7 Å². The minimum atomic E-state index is 0.311. The van der Waals surface area contributed by atoms with Crippen molar-refractivity contribution in [2.24, 2.45) is 5.92 Å². The first-order chi connectivity index (χ1) is 9.31. The minimum absolute atomic E-state index is 0.311. The van der Waals surface area contributed by atoms with Crippen LogP contribution in [0.25, 0.3) is 20.5 Å². The van der Waals surface area contributed by atoms with Crippen molar-refractivity contribution in [2.45, 2.75) is 12.8 Å². The van der Waals surface area contributed by atoms with Crippen molar-refractivity contribution in [1.82, 2.24) is 0 Å². The van der Waals surface area contributed by atoms with Gasteiger partial charge in [0, 0.05) is 15.5 Å². The number of hydrogen-bond donors (Lipinski definition) is 0. The summed E-state index contributed by atoms with van der Waals surface area (Å²) in [5.41, 5.74) is 1.21. The molecule has 0 unspecified atom stereocenters. The van der Waals surface area contributed by atoms with Gasteiger partial charge in [0.25, 0.3) is 0 Å². The fraction of sp³-hybridized carbons (Fsp3) is 0.188. The molecule has 1 aliphatic rings. The molecule has 0 aliphatic heterocycles. The van der Waals surface area contributed by atoms with Crippen LogP contribution in [0.1, 0.15) is 22.5 Å². The lowest BCUT2D eigenvalue weighted by Gasteiger charge is -1.97. The SMILES string of the molecule is O=C(c1ccc(-c2ccc3sccc3c2)s1)C1CC1. The van der Waals surface area contributed by atoms with E-state index in [9.17, 15) is 4.79 Å². The normalized spacial score (nSPS) is 14.9. The number of carbonyl (C=O) groups is 1. The molecule has 1 aliphatic carbocycles. The van der Waals surface area contributed by atoms with Gasteiger partial charge in [-0.25, -0.2) is 0 Å². The Morgan fingerprint density at radius 2 is 2.00 bits per heavy atom. The number of hydrogen-bond acceptors (Lipinski definition) is 3. The lowest BCUT2D eigenvalue weighted by molar-refractivity contribution is 0.0971. The molecule has 19 heavy (non-hydrogen) atoms. The molecular weight excluding hydrogens is 272 g/mol. The summed E-state index contributed by atoms with van der Waals surface area (Å²) in [7, 11) is 0. The minimum Gasteiger partial charge on any atom is -0.293 e. The van der Waals surface area contributed by atoms with Crippen LogP contribution in [0.15, 0.2) is 41.8 Å². The molecule has 2 aromatic heterocycles. The van der Waals surface area contributed by atoms with Crippen molar-refractivity contribution < 1.29 is 4.79 Å². The fourth-order valence-electron chi connectivity index (χ4n) is 2.29. The number of rotatable bonds is 3. The quantitative estimate of drug-likeness (QED) is 0.602. The zero-order valence-corrected chi connectivity index (χ0v) is 11.9. The molecule has 2 heterocycles. The Hall–Kier alpha value is -1.45. The highest BCUT2D eigenvalue weighted by Gasteiger charge is 2.31. The standard InChI is InChI=1S/C16H12OS2/c17-16(10-1-2-10)15-6-5-14(19-15)11-3-4-13-12(9-11)7-8-18-13/h3-10H,1-2H2. The summed E-state index contributed by atoms with van der Waals surface area (Å²) in [6.45, 7) is 0. The van der Waals surface area contributed by atoms with Crippen LogP contribution in [0.4, 0.5) is 0 Å². The molecule has 0 N–H and O–H groups in total. The second kappa shape index (κ2) is 4.29. The van der Waals surface area contributed by atoms with Gasteiger partial charge in [-0.15, -0.1) is 22.7 Å². The molecule has 1 fully saturated rings. The lowest BCUT2D eigenvalue weighted by atomic mass is 10.1. The molecule has 3 aromatic rings. The van der Waals surface area contributed by atoms with Gasteiger partial charge in [-0.2, -0.15) is 0 Å². The average molecular weight is 284 g/mol. The third-order valence-electron chi connectivity index (χ3n) is 3.53. The molecular formula is C16H12OS2. The number of Topliss-reactive ketones (excluding diaryl/α,β-unsaturated/α-hetero) is 1. The van der Waals surface area contributed by atoms with Crippen LogP contribution in [0.3, 0.4) is 0 Å². The van der Waals surface area contributed by atoms with E-state index in [0.29, 0.717) is 11.7 Å². The van der Waals surface area contributed by atoms with Crippen molar-refractivity contribution in [2.75, 3.05) is 0 Å². The Labute approximate surface area is 119 Å². The molecule has 1 nitrogen and oxygen atoms in total. The molecule has 3 heteroatoms. The summed E-state index contributed by atoms with van der Waals surface area (Å²) in [6.07, 6.45) is 2.15.